The maximum atomic E-state index is 12.6. The summed E-state index contributed by atoms with van der Waals surface area (Å²) in [6, 6.07) is 13.2. The van der Waals surface area contributed by atoms with Crippen molar-refractivity contribution in [2.24, 2.45) is 5.10 Å². The van der Waals surface area contributed by atoms with Crippen molar-refractivity contribution in [1.82, 2.24) is 20.7 Å². The summed E-state index contributed by atoms with van der Waals surface area (Å²) in [7, 11) is 0. The first kappa shape index (κ1) is 22.3. The van der Waals surface area contributed by atoms with Crippen molar-refractivity contribution in [1.29, 1.82) is 0 Å². The van der Waals surface area contributed by atoms with E-state index in [1.807, 2.05) is 30.3 Å². The van der Waals surface area contributed by atoms with E-state index < -0.39 is 18.0 Å². The van der Waals surface area contributed by atoms with Crippen molar-refractivity contribution in [2.75, 3.05) is 0 Å². The number of hydrogen-bond donors (Lipinski definition) is 3. The van der Waals surface area contributed by atoms with Crippen LogP contribution in [0.25, 0.3) is 0 Å². The van der Waals surface area contributed by atoms with Gasteiger partial charge in [-0.1, -0.05) is 59.6 Å². The van der Waals surface area contributed by atoms with Crippen LogP contribution in [0, 0.1) is 0 Å². The second-order valence-electron chi connectivity index (χ2n) is 6.44. The van der Waals surface area contributed by atoms with Crippen LogP contribution < -0.4 is 10.7 Å². The lowest BCUT2D eigenvalue weighted by molar-refractivity contribution is -0.123. The topological polar surface area (TPSA) is 108 Å². The van der Waals surface area contributed by atoms with Gasteiger partial charge < -0.3 is 15.0 Å². The van der Waals surface area contributed by atoms with Gasteiger partial charge in [0, 0.05) is 28.9 Å². The third-order valence-electron chi connectivity index (χ3n) is 4.14. The molecule has 1 heterocycles. The zero-order chi connectivity index (χ0) is 22.1. The maximum absolute atomic E-state index is 12.6. The Hall–Kier alpha value is -3.36. The number of aromatic nitrogens is 2. The molecule has 8 nitrogen and oxygen atoms in total. The number of hydrogen-bond acceptors (Lipinski definition) is 5. The largest absolute Gasteiger partial charge is 0.445 e. The van der Waals surface area contributed by atoms with Gasteiger partial charge in [-0.3, -0.25) is 4.79 Å². The van der Waals surface area contributed by atoms with Gasteiger partial charge in [0.1, 0.15) is 12.6 Å². The zero-order valence-corrected chi connectivity index (χ0v) is 17.7. The first-order valence-electron chi connectivity index (χ1n) is 9.23. The Labute approximate surface area is 188 Å². The van der Waals surface area contributed by atoms with Crippen LogP contribution in [0.2, 0.25) is 10.0 Å². The van der Waals surface area contributed by atoms with Crippen molar-refractivity contribution in [3.63, 3.8) is 0 Å². The molecular weight excluding hydrogens is 441 g/mol. The summed E-state index contributed by atoms with van der Waals surface area (Å²) < 4.78 is 5.20. The first-order chi connectivity index (χ1) is 15.0. The highest BCUT2D eigenvalue weighted by Gasteiger charge is 2.22. The number of aromatic amines is 1. The maximum Gasteiger partial charge on any atom is 0.408 e. The normalized spacial score (nSPS) is 11.8. The predicted molar refractivity (Wildman–Crippen MR) is 118 cm³/mol. The number of nitrogens with one attached hydrogen (secondary N) is 3. The van der Waals surface area contributed by atoms with E-state index in [-0.39, 0.29) is 13.0 Å². The van der Waals surface area contributed by atoms with Crippen LogP contribution >= 0.6 is 23.2 Å². The van der Waals surface area contributed by atoms with Crippen LogP contribution in [0.5, 0.6) is 0 Å². The van der Waals surface area contributed by atoms with Crippen molar-refractivity contribution in [3.05, 3.63) is 87.9 Å². The number of benzene rings is 2. The molecule has 0 saturated carbocycles. The fraction of sp³-hybridized carbons (Fsp3) is 0.143. The second-order valence-corrected chi connectivity index (χ2v) is 7.28. The van der Waals surface area contributed by atoms with Crippen molar-refractivity contribution in [3.8, 4) is 0 Å². The number of H-pyrrole nitrogens is 1. The van der Waals surface area contributed by atoms with Gasteiger partial charge in [-0.05, 0) is 17.7 Å². The number of halogens is 2. The van der Waals surface area contributed by atoms with Gasteiger partial charge in [0.25, 0.3) is 5.91 Å². The monoisotopic (exact) mass is 459 g/mol. The SMILES string of the molecule is O=C(N[C@@H](Cc1cnc[nH]1)C(=O)N/N=C\c1ccc(Cl)cc1Cl)OCc1ccccc1. The number of ether oxygens (including phenoxy) is 1. The molecular formula is C21H19Cl2N5O3. The van der Waals surface area contributed by atoms with Crippen LogP contribution in [-0.2, 0) is 22.6 Å². The summed E-state index contributed by atoms with van der Waals surface area (Å²) in [6.07, 6.45) is 3.88. The number of rotatable bonds is 8. The van der Waals surface area contributed by atoms with Gasteiger partial charge in [-0.2, -0.15) is 5.10 Å². The van der Waals surface area contributed by atoms with E-state index in [4.69, 9.17) is 27.9 Å². The zero-order valence-electron chi connectivity index (χ0n) is 16.2. The van der Waals surface area contributed by atoms with Gasteiger partial charge in [-0.25, -0.2) is 15.2 Å². The molecule has 2 aromatic carbocycles. The summed E-state index contributed by atoms with van der Waals surface area (Å²) in [4.78, 5) is 31.7. The van der Waals surface area contributed by atoms with Crippen molar-refractivity contribution < 1.29 is 14.3 Å². The summed E-state index contributed by atoms with van der Waals surface area (Å²) >= 11 is 11.9. The average Bonchev–Trinajstić information content (AvgIpc) is 3.27. The van der Waals surface area contributed by atoms with E-state index in [1.54, 1.807) is 24.4 Å². The predicted octanol–water partition coefficient (Wildman–Crippen LogP) is 3.70. The molecule has 0 radical (unpaired) electrons. The molecule has 0 aliphatic carbocycles. The molecule has 1 atom stereocenters. The number of nitrogens with zero attached hydrogens (tertiary/aromatic N) is 2. The Morgan fingerprint density at radius 1 is 1.19 bits per heavy atom. The molecule has 3 rings (SSSR count). The van der Waals surface area contributed by atoms with Crippen LogP contribution in [0.4, 0.5) is 4.79 Å². The highest BCUT2D eigenvalue weighted by Crippen LogP contribution is 2.19. The number of carbonyl (C=O) groups is 2. The molecule has 0 aliphatic heterocycles. The molecule has 0 fully saturated rings. The molecule has 2 amide bonds. The van der Waals surface area contributed by atoms with Crippen molar-refractivity contribution >= 4 is 41.4 Å². The summed E-state index contributed by atoms with van der Waals surface area (Å²) in [5, 5.41) is 7.35. The Balaban J connectivity index is 1.61. The lowest BCUT2D eigenvalue weighted by Gasteiger charge is -2.16. The van der Waals surface area contributed by atoms with E-state index in [2.05, 4.69) is 25.8 Å². The number of amides is 2. The molecule has 3 aromatic rings. The fourth-order valence-corrected chi connectivity index (χ4v) is 3.04. The molecule has 0 aliphatic rings. The smallest absolute Gasteiger partial charge is 0.408 e. The van der Waals surface area contributed by atoms with E-state index in [1.165, 1.54) is 12.5 Å². The molecule has 1 aromatic heterocycles. The minimum atomic E-state index is -0.943. The average molecular weight is 460 g/mol. The fourth-order valence-electron chi connectivity index (χ4n) is 2.58. The molecule has 0 unspecified atom stereocenters. The minimum Gasteiger partial charge on any atom is -0.445 e. The molecule has 3 N–H and O–H groups in total. The first-order valence-corrected chi connectivity index (χ1v) is 9.99. The summed E-state index contributed by atoms with van der Waals surface area (Å²) in [5.74, 6) is -0.535. The van der Waals surface area contributed by atoms with Crippen LogP contribution in [0.15, 0.2) is 66.2 Å². The quantitative estimate of drug-likeness (QED) is 0.352. The number of hydrazone groups is 1. The summed E-state index contributed by atoms with van der Waals surface area (Å²) in [5.41, 5.74) is 4.47. The molecule has 0 spiro atoms. The molecule has 10 heteroatoms. The highest BCUT2D eigenvalue weighted by atomic mass is 35.5. The lowest BCUT2D eigenvalue weighted by Crippen LogP contribution is -2.47. The van der Waals surface area contributed by atoms with Gasteiger partial charge in [-0.15, -0.1) is 0 Å². The number of imidazole rings is 1. The van der Waals surface area contributed by atoms with Crippen LogP contribution in [0.1, 0.15) is 16.8 Å². The molecule has 160 valence electrons. The van der Waals surface area contributed by atoms with E-state index in [0.717, 1.165) is 5.56 Å². The molecule has 0 saturated heterocycles. The van der Waals surface area contributed by atoms with Gasteiger partial charge in [0.15, 0.2) is 0 Å². The Kier molecular flexibility index (Phi) is 8.03. The lowest BCUT2D eigenvalue weighted by atomic mass is 10.1. The van der Waals surface area contributed by atoms with Crippen molar-refractivity contribution in [2.45, 2.75) is 19.1 Å². The van der Waals surface area contributed by atoms with E-state index >= 15 is 0 Å². The Morgan fingerprint density at radius 3 is 2.71 bits per heavy atom. The van der Waals surface area contributed by atoms with Gasteiger partial charge in [0.05, 0.1) is 17.6 Å². The standard InChI is InChI=1S/C21H19Cl2N5O3/c22-16-7-6-15(18(23)8-16)10-26-28-20(29)19(9-17-11-24-13-25-17)27-21(30)31-12-14-4-2-1-3-5-14/h1-8,10-11,13,19H,9,12H2,(H,24,25)(H,27,30)(H,28,29)/b26-10-/t19-/m0/s1. The highest BCUT2D eigenvalue weighted by molar-refractivity contribution is 6.36. The third-order valence-corrected chi connectivity index (χ3v) is 4.70. The molecule has 0 bridgehead atoms. The van der Waals surface area contributed by atoms with Crippen LogP contribution in [-0.4, -0.2) is 34.2 Å². The van der Waals surface area contributed by atoms with Crippen LogP contribution in [0.3, 0.4) is 0 Å². The number of alkyl carbamates (subject to hydrolysis) is 1. The number of carbonyl (C=O) groups excluding carboxylic acids is 2. The van der Waals surface area contributed by atoms with E-state index in [0.29, 0.717) is 21.3 Å². The van der Waals surface area contributed by atoms with E-state index in [9.17, 15) is 9.59 Å². The van der Waals surface area contributed by atoms with Gasteiger partial charge >= 0.3 is 6.09 Å². The minimum absolute atomic E-state index is 0.0816. The Bertz CT molecular complexity index is 1040. The second kappa shape index (κ2) is 11.1. The molecule has 31 heavy (non-hydrogen) atoms. The Morgan fingerprint density at radius 2 is 2.00 bits per heavy atom. The van der Waals surface area contributed by atoms with Gasteiger partial charge in [0.2, 0.25) is 0 Å². The summed E-state index contributed by atoms with van der Waals surface area (Å²) in [6.45, 7) is 0.0816. The third kappa shape index (κ3) is 7.13.